The number of para-hydroxylation sites is 1. The van der Waals surface area contributed by atoms with Gasteiger partial charge in [0, 0.05) is 11.7 Å². The normalized spacial score (nSPS) is 11.1. The first-order chi connectivity index (χ1) is 12.5. The third kappa shape index (κ3) is 3.96. The average Bonchev–Trinajstić information content (AvgIpc) is 2.61. The van der Waals surface area contributed by atoms with Gasteiger partial charge in [0.05, 0.1) is 16.7 Å². The first-order valence-corrected chi connectivity index (χ1v) is 9.45. The highest BCUT2D eigenvalue weighted by Gasteiger charge is 2.15. The van der Waals surface area contributed by atoms with Gasteiger partial charge in [-0.3, -0.25) is 14.2 Å². The molecule has 0 saturated carbocycles. The second-order valence-corrected chi connectivity index (χ2v) is 7.33. The van der Waals surface area contributed by atoms with E-state index in [0.717, 1.165) is 11.3 Å². The van der Waals surface area contributed by atoms with Crippen molar-refractivity contribution >= 4 is 34.3 Å². The van der Waals surface area contributed by atoms with E-state index >= 15 is 0 Å². The molecule has 1 N–H and O–H groups in total. The Morgan fingerprint density at radius 3 is 2.54 bits per heavy atom. The number of aromatic nitrogens is 2. The second kappa shape index (κ2) is 7.74. The Balaban J connectivity index is 1.81. The molecule has 3 aromatic rings. The maximum Gasteiger partial charge on any atom is 0.262 e. The number of hydrogen-bond acceptors (Lipinski definition) is 4. The van der Waals surface area contributed by atoms with Crippen molar-refractivity contribution in [1.82, 2.24) is 9.55 Å². The van der Waals surface area contributed by atoms with Crippen LogP contribution in [0.25, 0.3) is 10.9 Å². The predicted molar refractivity (Wildman–Crippen MR) is 107 cm³/mol. The molecular weight excluding hydrogens is 346 g/mol. The van der Waals surface area contributed by atoms with Gasteiger partial charge >= 0.3 is 0 Å². The molecule has 1 heterocycles. The van der Waals surface area contributed by atoms with Crippen molar-refractivity contribution < 1.29 is 4.79 Å². The van der Waals surface area contributed by atoms with Crippen LogP contribution in [-0.2, 0) is 4.79 Å². The fourth-order valence-corrected chi connectivity index (χ4v) is 3.57. The topological polar surface area (TPSA) is 64.0 Å². The quantitative estimate of drug-likeness (QED) is 0.546. The zero-order chi connectivity index (χ0) is 18.7. The number of hydrogen-bond donors (Lipinski definition) is 1. The van der Waals surface area contributed by atoms with Crippen molar-refractivity contribution in [2.24, 2.45) is 0 Å². The third-order valence-corrected chi connectivity index (χ3v) is 4.91. The SMILES string of the molecule is Cc1ccc(NC(=O)CSc2nc3ccccc3c(=O)n2C(C)C)cc1. The molecule has 0 saturated heterocycles. The summed E-state index contributed by atoms with van der Waals surface area (Å²) in [6.07, 6.45) is 0. The number of amides is 1. The summed E-state index contributed by atoms with van der Waals surface area (Å²) in [4.78, 5) is 29.6. The summed E-state index contributed by atoms with van der Waals surface area (Å²) in [5.74, 6) is 0.0577. The number of fused-ring (bicyclic) bond motifs is 1. The van der Waals surface area contributed by atoms with E-state index in [2.05, 4.69) is 10.3 Å². The molecule has 0 aliphatic heterocycles. The molecule has 0 bridgehead atoms. The van der Waals surface area contributed by atoms with Crippen LogP contribution < -0.4 is 10.9 Å². The number of nitrogens with one attached hydrogen (secondary N) is 1. The number of benzene rings is 2. The van der Waals surface area contributed by atoms with Gasteiger partial charge in [-0.25, -0.2) is 4.98 Å². The Bertz CT molecular complexity index is 994. The minimum Gasteiger partial charge on any atom is -0.325 e. The molecule has 0 aliphatic rings. The monoisotopic (exact) mass is 367 g/mol. The summed E-state index contributed by atoms with van der Waals surface area (Å²) >= 11 is 1.27. The molecule has 0 atom stereocenters. The largest absolute Gasteiger partial charge is 0.325 e. The number of carbonyl (C=O) groups is 1. The smallest absolute Gasteiger partial charge is 0.262 e. The number of thioether (sulfide) groups is 1. The van der Waals surface area contributed by atoms with Gasteiger partial charge < -0.3 is 5.32 Å². The number of aryl methyl sites for hydroxylation is 1. The lowest BCUT2D eigenvalue weighted by Crippen LogP contribution is -2.25. The van der Waals surface area contributed by atoms with Crippen LogP contribution in [0.15, 0.2) is 58.5 Å². The lowest BCUT2D eigenvalue weighted by Gasteiger charge is -2.16. The molecule has 0 spiro atoms. The summed E-state index contributed by atoms with van der Waals surface area (Å²) in [5, 5.41) is 4.02. The first-order valence-electron chi connectivity index (χ1n) is 8.46. The standard InChI is InChI=1S/C20H21N3O2S/c1-13(2)23-19(25)16-6-4-5-7-17(16)22-20(23)26-12-18(24)21-15-10-8-14(3)9-11-15/h4-11,13H,12H2,1-3H3,(H,21,24). The highest BCUT2D eigenvalue weighted by Crippen LogP contribution is 2.21. The van der Waals surface area contributed by atoms with Crippen LogP contribution in [0.1, 0.15) is 25.5 Å². The van der Waals surface area contributed by atoms with Gasteiger partial charge in [0.15, 0.2) is 5.16 Å². The van der Waals surface area contributed by atoms with Crippen molar-refractivity contribution in [2.75, 3.05) is 11.1 Å². The average molecular weight is 367 g/mol. The van der Waals surface area contributed by atoms with Crippen LogP contribution >= 0.6 is 11.8 Å². The van der Waals surface area contributed by atoms with Crippen LogP contribution in [0.2, 0.25) is 0 Å². The Hall–Kier alpha value is -2.60. The second-order valence-electron chi connectivity index (χ2n) is 6.38. The Morgan fingerprint density at radius 2 is 1.85 bits per heavy atom. The maximum absolute atomic E-state index is 12.8. The van der Waals surface area contributed by atoms with Gasteiger partial charge in [-0.1, -0.05) is 41.6 Å². The van der Waals surface area contributed by atoms with Gasteiger partial charge in [0.2, 0.25) is 5.91 Å². The molecule has 0 unspecified atom stereocenters. The van der Waals surface area contributed by atoms with E-state index < -0.39 is 0 Å². The van der Waals surface area contributed by atoms with Crippen molar-refractivity contribution in [3.8, 4) is 0 Å². The molecule has 0 radical (unpaired) electrons. The highest BCUT2D eigenvalue weighted by atomic mass is 32.2. The molecule has 0 aliphatic carbocycles. The first kappa shape index (κ1) is 18.2. The Labute approximate surface area is 156 Å². The van der Waals surface area contributed by atoms with Gasteiger partial charge in [0.1, 0.15) is 0 Å². The zero-order valence-electron chi connectivity index (χ0n) is 15.0. The fourth-order valence-electron chi connectivity index (χ4n) is 2.65. The van der Waals surface area contributed by atoms with E-state index in [1.807, 2.05) is 63.2 Å². The summed E-state index contributed by atoms with van der Waals surface area (Å²) in [6.45, 7) is 5.88. The molecule has 3 rings (SSSR count). The molecule has 2 aromatic carbocycles. The van der Waals surface area contributed by atoms with Crippen molar-refractivity contribution in [3.63, 3.8) is 0 Å². The molecule has 1 aromatic heterocycles. The van der Waals surface area contributed by atoms with Gasteiger partial charge in [-0.2, -0.15) is 0 Å². The van der Waals surface area contributed by atoms with Crippen LogP contribution in [0.4, 0.5) is 5.69 Å². The molecule has 134 valence electrons. The van der Waals surface area contributed by atoms with E-state index in [0.29, 0.717) is 16.1 Å². The molecular formula is C20H21N3O2S. The molecule has 0 fully saturated rings. The summed E-state index contributed by atoms with van der Waals surface area (Å²) < 4.78 is 1.64. The Kier molecular flexibility index (Phi) is 5.42. The van der Waals surface area contributed by atoms with Crippen molar-refractivity contribution in [1.29, 1.82) is 0 Å². The van der Waals surface area contributed by atoms with E-state index in [9.17, 15) is 9.59 Å². The lowest BCUT2D eigenvalue weighted by molar-refractivity contribution is -0.113. The minimum atomic E-state index is -0.128. The lowest BCUT2D eigenvalue weighted by atomic mass is 10.2. The van der Waals surface area contributed by atoms with Crippen LogP contribution in [0, 0.1) is 6.92 Å². The molecule has 26 heavy (non-hydrogen) atoms. The Morgan fingerprint density at radius 1 is 1.15 bits per heavy atom. The van der Waals surface area contributed by atoms with Crippen molar-refractivity contribution in [2.45, 2.75) is 32.0 Å². The highest BCUT2D eigenvalue weighted by molar-refractivity contribution is 7.99. The van der Waals surface area contributed by atoms with E-state index in [1.54, 1.807) is 10.6 Å². The number of nitrogens with zero attached hydrogens (tertiary/aromatic N) is 2. The van der Waals surface area contributed by atoms with Crippen molar-refractivity contribution in [3.05, 3.63) is 64.4 Å². The van der Waals surface area contributed by atoms with Gasteiger partial charge in [0.25, 0.3) is 5.56 Å². The number of rotatable bonds is 5. The molecule has 5 nitrogen and oxygen atoms in total. The fraction of sp³-hybridized carbons (Fsp3) is 0.250. The minimum absolute atomic E-state index is 0.0396. The van der Waals surface area contributed by atoms with E-state index in [-0.39, 0.29) is 23.3 Å². The van der Waals surface area contributed by atoms with Gasteiger partial charge in [-0.15, -0.1) is 0 Å². The maximum atomic E-state index is 12.8. The summed E-state index contributed by atoms with van der Waals surface area (Å²) in [7, 11) is 0. The summed E-state index contributed by atoms with van der Waals surface area (Å²) in [5.41, 5.74) is 2.47. The van der Waals surface area contributed by atoms with Crippen LogP contribution in [0.3, 0.4) is 0 Å². The number of carbonyl (C=O) groups excluding carboxylic acids is 1. The third-order valence-electron chi connectivity index (χ3n) is 3.96. The van der Waals surface area contributed by atoms with Gasteiger partial charge in [-0.05, 0) is 45.0 Å². The zero-order valence-corrected chi connectivity index (χ0v) is 15.8. The predicted octanol–water partition coefficient (Wildman–Crippen LogP) is 4.02. The molecule has 6 heteroatoms. The van der Waals surface area contributed by atoms with E-state index in [4.69, 9.17) is 0 Å². The molecule has 1 amide bonds. The van der Waals surface area contributed by atoms with Crippen LogP contribution in [-0.4, -0.2) is 21.2 Å². The van der Waals surface area contributed by atoms with Crippen LogP contribution in [0.5, 0.6) is 0 Å². The number of anilines is 1. The summed E-state index contributed by atoms with van der Waals surface area (Å²) in [6, 6.07) is 14.9. The van der Waals surface area contributed by atoms with E-state index in [1.165, 1.54) is 11.8 Å².